The lowest BCUT2D eigenvalue weighted by Gasteiger charge is -1.87. The van der Waals surface area contributed by atoms with Gasteiger partial charge in [0, 0.05) is 12.8 Å². The number of carbonyl (C=O) groups excluding carboxylic acids is 2. The van der Waals surface area contributed by atoms with E-state index in [2.05, 4.69) is 0 Å². The van der Waals surface area contributed by atoms with E-state index in [0.29, 0.717) is 12.8 Å². The number of hydrogen-bond acceptors (Lipinski definition) is 2. The quantitative estimate of drug-likeness (QED) is 0.332. The first-order valence-corrected chi connectivity index (χ1v) is 3.94. The Labute approximate surface area is 67.3 Å². The maximum absolute atomic E-state index is 10.7. The van der Waals surface area contributed by atoms with E-state index >= 15 is 0 Å². The third kappa shape index (κ3) is 6.97. The van der Waals surface area contributed by atoms with Gasteiger partial charge in [0.1, 0.15) is 6.29 Å². The van der Waals surface area contributed by atoms with Crippen LogP contribution in [0.25, 0.3) is 0 Å². The first-order chi connectivity index (χ1) is 5.31. The molecule has 0 saturated heterocycles. The molecule has 0 aromatic heterocycles. The Hall–Kier alpha value is -0.920. The molecule has 0 aliphatic heterocycles. The minimum atomic E-state index is 0.149. The SMILES string of the molecule is CCC(=O)/C=C/CCCC=O. The van der Waals surface area contributed by atoms with Crippen molar-refractivity contribution in [3.05, 3.63) is 12.2 Å². The van der Waals surface area contributed by atoms with Gasteiger partial charge in [0.2, 0.25) is 0 Å². The van der Waals surface area contributed by atoms with Crippen LogP contribution in [0.3, 0.4) is 0 Å². The molecule has 0 rings (SSSR count). The Morgan fingerprint density at radius 1 is 1.36 bits per heavy atom. The molecule has 0 N–H and O–H groups in total. The molecule has 0 saturated carbocycles. The van der Waals surface area contributed by atoms with Crippen LogP contribution >= 0.6 is 0 Å². The van der Waals surface area contributed by atoms with E-state index < -0.39 is 0 Å². The van der Waals surface area contributed by atoms with Crippen molar-refractivity contribution in [3.63, 3.8) is 0 Å². The van der Waals surface area contributed by atoms with Crippen molar-refractivity contribution in [2.24, 2.45) is 0 Å². The Morgan fingerprint density at radius 2 is 2.09 bits per heavy atom. The van der Waals surface area contributed by atoms with Crippen LogP contribution in [0.1, 0.15) is 32.6 Å². The number of rotatable bonds is 6. The topological polar surface area (TPSA) is 34.1 Å². The molecule has 62 valence electrons. The van der Waals surface area contributed by atoms with Gasteiger partial charge in [0.15, 0.2) is 5.78 Å². The Kier molecular flexibility index (Phi) is 6.59. The van der Waals surface area contributed by atoms with Gasteiger partial charge in [-0.3, -0.25) is 4.79 Å². The van der Waals surface area contributed by atoms with Gasteiger partial charge in [0.05, 0.1) is 0 Å². The highest BCUT2D eigenvalue weighted by Gasteiger charge is 1.88. The molecule has 0 unspecified atom stereocenters. The lowest BCUT2D eigenvalue weighted by atomic mass is 10.2. The van der Waals surface area contributed by atoms with E-state index in [-0.39, 0.29) is 5.78 Å². The summed E-state index contributed by atoms with van der Waals surface area (Å²) < 4.78 is 0. The van der Waals surface area contributed by atoms with Gasteiger partial charge in [-0.05, 0) is 18.9 Å². The monoisotopic (exact) mass is 154 g/mol. The second-order valence-electron chi connectivity index (χ2n) is 2.32. The highest BCUT2D eigenvalue weighted by Crippen LogP contribution is 1.94. The van der Waals surface area contributed by atoms with Gasteiger partial charge >= 0.3 is 0 Å². The molecule has 0 aromatic carbocycles. The Bertz CT molecular complexity index is 148. The molecule has 0 bridgehead atoms. The van der Waals surface area contributed by atoms with Crippen LogP contribution in [0, 0.1) is 0 Å². The zero-order chi connectivity index (χ0) is 8.53. The van der Waals surface area contributed by atoms with Crippen LogP contribution in [0.2, 0.25) is 0 Å². The van der Waals surface area contributed by atoms with E-state index in [0.717, 1.165) is 19.1 Å². The second-order valence-corrected chi connectivity index (χ2v) is 2.32. The minimum absolute atomic E-state index is 0.149. The maximum Gasteiger partial charge on any atom is 0.155 e. The van der Waals surface area contributed by atoms with Gasteiger partial charge in [-0.1, -0.05) is 13.0 Å². The normalized spacial score (nSPS) is 10.3. The lowest BCUT2D eigenvalue weighted by Crippen LogP contribution is -1.86. The average Bonchev–Trinajstić information content (AvgIpc) is 2.04. The Morgan fingerprint density at radius 3 is 2.64 bits per heavy atom. The number of ketones is 1. The van der Waals surface area contributed by atoms with Crippen molar-refractivity contribution in [3.8, 4) is 0 Å². The maximum atomic E-state index is 10.7. The van der Waals surface area contributed by atoms with Gasteiger partial charge in [-0.2, -0.15) is 0 Å². The molecule has 11 heavy (non-hydrogen) atoms. The summed E-state index contributed by atoms with van der Waals surface area (Å²) in [7, 11) is 0. The highest BCUT2D eigenvalue weighted by atomic mass is 16.1. The van der Waals surface area contributed by atoms with Crippen molar-refractivity contribution >= 4 is 12.1 Å². The third-order valence-electron chi connectivity index (χ3n) is 1.34. The number of aldehydes is 1. The summed E-state index contributed by atoms with van der Waals surface area (Å²) in [5.74, 6) is 0.149. The van der Waals surface area contributed by atoms with Crippen LogP contribution in [0.15, 0.2) is 12.2 Å². The standard InChI is InChI=1S/C9H14O2/c1-2-9(11)7-5-3-4-6-8-10/h5,7-8H,2-4,6H2,1H3/b7-5+. The van der Waals surface area contributed by atoms with Gasteiger partial charge in [0.25, 0.3) is 0 Å². The van der Waals surface area contributed by atoms with Gasteiger partial charge in [-0.25, -0.2) is 0 Å². The Balaban J connectivity index is 3.29. The van der Waals surface area contributed by atoms with Crippen LogP contribution in [-0.2, 0) is 9.59 Å². The van der Waals surface area contributed by atoms with Gasteiger partial charge in [-0.15, -0.1) is 0 Å². The van der Waals surface area contributed by atoms with Crippen molar-refractivity contribution < 1.29 is 9.59 Å². The summed E-state index contributed by atoms with van der Waals surface area (Å²) in [5.41, 5.74) is 0. The van der Waals surface area contributed by atoms with E-state index in [4.69, 9.17) is 0 Å². The van der Waals surface area contributed by atoms with Crippen molar-refractivity contribution in [2.45, 2.75) is 32.6 Å². The molecule has 0 aliphatic carbocycles. The fourth-order valence-electron chi connectivity index (χ4n) is 0.652. The summed E-state index contributed by atoms with van der Waals surface area (Å²) in [6.07, 6.45) is 7.13. The molecule has 2 heteroatoms. The van der Waals surface area contributed by atoms with Crippen molar-refractivity contribution in [1.82, 2.24) is 0 Å². The number of carbonyl (C=O) groups is 2. The lowest BCUT2D eigenvalue weighted by molar-refractivity contribution is -0.114. The number of allylic oxidation sites excluding steroid dienone is 2. The van der Waals surface area contributed by atoms with E-state index in [9.17, 15) is 9.59 Å². The fourth-order valence-corrected chi connectivity index (χ4v) is 0.652. The van der Waals surface area contributed by atoms with Crippen molar-refractivity contribution in [1.29, 1.82) is 0 Å². The third-order valence-corrected chi connectivity index (χ3v) is 1.34. The average molecular weight is 154 g/mol. The van der Waals surface area contributed by atoms with Crippen LogP contribution < -0.4 is 0 Å². The molecule has 2 nitrogen and oxygen atoms in total. The molecular formula is C9H14O2. The largest absolute Gasteiger partial charge is 0.303 e. The zero-order valence-corrected chi connectivity index (χ0v) is 6.88. The van der Waals surface area contributed by atoms with E-state index in [1.165, 1.54) is 0 Å². The number of hydrogen-bond donors (Lipinski definition) is 0. The van der Waals surface area contributed by atoms with Crippen LogP contribution in [-0.4, -0.2) is 12.1 Å². The predicted molar refractivity (Wildman–Crippen MR) is 44.4 cm³/mol. The molecule has 0 radical (unpaired) electrons. The summed E-state index contributed by atoms with van der Waals surface area (Å²) in [5, 5.41) is 0. The van der Waals surface area contributed by atoms with Crippen molar-refractivity contribution in [2.75, 3.05) is 0 Å². The molecule has 0 spiro atoms. The molecule has 0 atom stereocenters. The van der Waals surface area contributed by atoms with Crippen LogP contribution in [0.4, 0.5) is 0 Å². The molecule has 0 heterocycles. The first kappa shape index (κ1) is 10.1. The first-order valence-electron chi connectivity index (χ1n) is 3.94. The molecule has 0 aliphatic rings. The van der Waals surface area contributed by atoms with Crippen LogP contribution in [0.5, 0.6) is 0 Å². The van der Waals surface area contributed by atoms with E-state index in [1.807, 2.05) is 13.0 Å². The van der Waals surface area contributed by atoms with Gasteiger partial charge < -0.3 is 4.79 Å². The highest BCUT2D eigenvalue weighted by molar-refractivity contribution is 5.89. The minimum Gasteiger partial charge on any atom is -0.303 e. The molecule has 0 amide bonds. The summed E-state index contributed by atoms with van der Waals surface area (Å²) in [6.45, 7) is 1.83. The van der Waals surface area contributed by atoms with E-state index in [1.54, 1.807) is 6.08 Å². The summed E-state index contributed by atoms with van der Waals surface area (Å²) in [4.78, 5) is 20.6. The number of unbranched alkanes of at least 4 members (excludes halogenated alkanes) is 2. The molecular weight excluding hydrogens is 140 g/mol. The zero-order valence-electron chi connectivity index (χ0n) is 6.88. The predicted octanol–water partition coefficient (Wildman–Crippen LogP) is 1.89. The smallest absolute Gasteiger partial charge is 0.155 e. The summed E-state index contributed by atoms with van der Waals surface area (Å²) in [6, 6.07) is 0. The molecule has 0 fully saturated rings. The fraction of sp³-hybridized carbons (Fsp3) is 0.556. The summed E-state index contributed by atoms with van der Waals surface area (Å²) >= 11 is 0. The molecule has 0 aromatic rings. The second kappa shape index (κ2) is 7.19.